The quantitative estimate of drug-likeness (QED) is 0.423. The summed E-state index contributed by atoms with van der Waals surface area (Å²) in [5.74, 6) is -0.797. The minimum Gasteiger partial charge on any atom is -0.403 e. The van der Waals surface area contributed by atoms with Crippen LogP contribution in [0.1, 0.15) is 4.88 Å². The summed E-state index contributed by atoms with van der Waals surface area (Å²) in [6, 6.07) is 8.21. The monoisotopic (exact) mass is 360 g/mol. The summed E-state index contributed by atoms with van der Waals surface area (Å²) in [6.07, 6.45) is 2.63. The maximum absolute atomic E-state index is 12.9. The highest BCUT2D eigenvalue weighted by Gasteiger charge is 2.11. The first kappa shape index (κ1) is 16.5. The number of carbonyl (C=O) groups excluding carboxylic acids is 1. The van der Waals surface area contributed by atoms with Crippen molar-refractivity contribution in [2.75, 3.05) is 5.32 Å². The molecule has 0 radical (unpaired) electrons. The molecule has 2 heterocycles. The first-order valence-electron chi connectivity index (χ1n) is 6.84. The van der Waals surface area contributed by atoms with Crippen molar-refractivity contribution in [3.63, 3.8) is 0 Å². The zero-order valence-electron chi connectivity index (χ0n) is 12.4. The van der Waals surface area contributed by atoms with E-state index in [1.807, 2.05) is 0 Å². The van der Waals surface area contributed by atoms with Gasteiger partial charge in [0.05, 0.1) is 4.92 Å². The SMILES string of the molecule is O=C(/C=C/c1ccc([N+](=O)[O-])s1)Nc1nnc(-c2ccc(F)cc2)o1. The van der Waals surface area contributed by atoms with Crippen molar-refractivity contribution < 1.29 is 18.5 Å². The molecule has 0 aliphatic carbocycles. The summed E-state index contributed by atoms with van der Waals surface area (Å²) in [4.78, 5) is 22.5. The van der Waals surface area contributed by atoms with Crippen LogP contribution in [-0.4, -0.2) is 21.0 Å². The second kappa shape index (κ2) is 7.01. The number of benzene rings is 1. The molecule has 1 aromatic carbocycles. The van der Waals surface area contributed by atoms with Gasteiger partial charge in [-0.15, -0.1) is 5.10 Å². The highest BCUT2D eigenvalue weighted by atomic mass is 32.1. The normalized spacial score (nSPS) is 10.9. The Morgan fingerprint density at radius 2 is 2.00 bits per heavy atom. The van der Waals surface area contributed by atoms with Gasteiger partial charge in [0.15, 0.2) is 0 Å². The molecule has 0 unspecified atom stereocenters. The van der Waals surface area contributed by atoms with E-state index in [9.17, 15) is 19.3 Å². The van der Waals surface area contributed by atoms with Crippen molar-refractivity contribution in [3.8, 4) is 11.5 Å². The molecule has 0 saturated carbocycles. The Bertz CT molecular complexity index is 949. The Morgan fingerprint density at radius 1 is 1.24 bits per heavy atom. The number of thiophene rings is 1. The van der Waals surface area contributed by atoms with Gasteiger partial charge in [-0.05, 0) is 36.4 Å². The molecule has 126 valence electrons. The number of anilines is 1. The topological polar surface area (TPSA) is 111 Å². The van der Waals surface area contributed by atoms with Crippen LogP contribution in [0, 0.1) is 15.9 Å². The predicted octanol–water partition coefficient (Wildman–Crippen LogP) is 3.50. The molecule has 0 bridgehead atoms. The number of hydrogen-bond acceptors (Lipinski definition) is 7. The number of aromatic nitrogens is 2. The van der Waals surface area contributed by atoms with Crippen LogP contribution in [0.25, 0.3) is 17.5 Å². The van der Waals surface area contributed by atoms with Crippen molar-refractivity contribution in [2.45, 2.75) is 0 Å². The number of amides is 1. The largest absolute Gasteiger partial charge is 0.403 e. The van der Waals surface area contributed by atoms with Crippen LogP contribution in [0.3, 0.4) is 0 Å². The molecule has 2 aromatic heterocycles. The van der Waals surface area contributed by atoms with Crippen molar-refractivity contribution in [1.82, 2.24) is 10.2 Å². The van der Waals surface area contributed by atoms with Gasteiger partial charge in [-0.2, -0.15) is 0 Å². The molecule has 0 spiro atoms. The van der Waals surface area contributed by atoms with E-state index in [4.69, 9.17) is 4.42 Å². The maximum Gasteiger partial charge on any atom is 0.324 e. The Kier molecular flexibility index (Phi) is 4.61. The van der Waals surface area contributed by atoms with Crippen molar-refractivity contribution in [1.29, 1.82) is 0 Å². The highest BCUT2D eigenvalue weighted by molar-refractivity contribution is 7.16. The molecule has 25 heavy (non-hydrogen) atoms. The minimum absolute atomic E-state index is 0.0131. The van der Waals surface area contributed by atoms with Crippen LogP contribution in [-0.2, 0) is 4.79 Å². The number of halogens is 1. The molecule has 0 aliphatic heterocycles. The third-order valence-corrected chi connectivity index (χ3v) is 3.94. The molecule has 0 aliphatic rings. The van der Waals surface area contributed by atoms with Crippen LogP contribution >= 0.6 is 11.3 Å². The van der Waals surface area contributed by atoms with Gasteiger partial charge in [-0.25, -0.2) is 4.39 Å². The second-order valence-electron chi connectivity index (χ2n) is 4.67. The Labute approximate surface area is 143 Å². The summed E-state index contributed by atoms with van der Waals surface area (Å²) in [5.41, 5.74) is 0.510. The van der Waals surface area contributed by atoms with E-state index in [1.165, 1.54) is 48.6 Å². The summed E-state index contributed by atoms with van der Waals surface area (Å²) in [7, 11) is 0. The predicted molar refractivity (Wildman–Crippen MR) is 88.3 cm³/mol. The van der Waals surface area contributed by atoms with Gasteiger partial charge in [0.2, 0.25) is 5.89 Å². The molecule has 1 N–H and O–H groups in total. The van der Waals surface area contributed by atoms with E-state index in [1.54, 1.807) is 0 Å². The fraction of sp³-hybridized carbons (Fsp3) is 0. The van der Waals surface area contributed by atoms with E-state index in [0.29, 0.717) is 10.4 Å². The van der Waals surface area contributed by atoms with Gasteiger partial charge in [0.25, 0.3) is 5.91 Å². The molecule has 3 rings (SSSR count). The van der Waals surface area contributed by atoms with Crippen LogP contribution < -0.4 is 5.32 Å². The fourth-order valence-corrected chi connectivity index (χ4v) is 2.54. The van der Waals surface area contributed by atoms with Gasteiger partial charge < -0.3 is 4.42 Å². The molecular formula is C15H9FN4O4S. The van der Waals surface area contributed by atoms with Crippen molar-refractivity contribution in [3.05, 3.63) is 63.3 Å². The van der Waals surface area contributed by atoms with E-state index >= 15 is 0 Å². The van der Waals surface area contributed by atoms with Crippen molar-refractivity contribution >= 4 is 34.3 Å². The zero-order chi connectivity index (χ0) is 17.8. The smallest absolute Gasteiger partial charge is 0.324 e. The van der Waals surface area contributed by atoms with Gasteiger partial charge >= 0.3 is 11.0 Å². The van der Waals surface area contributed by atoms with Crippen LogP contribution in [0.4, 0.5) is 15.4 Å². The van der Waals surface area contributed by atoms with Crippen molar-refractivity contribution in [2.24, 2.45) is 0 Å². The molecule has 0 atom stereocenters. The molecule has 0 saturated heterocycles. The van der Waals surface area contributed by atoms with Crippen LogP contribution in [0.2, 0.25) is 0 Å². The number of hydrogen-bond donors (Lipinski definition) is 1. The average Bonchev–Trinajstić information content (AvgIpc) is 3.23. The van der Waals surface area contributed by atoms with Crippen LogP contribution in [0.5, 0.6) is 0 Å². The Morgan fingerprint density at radius 3 is 2.68 bits per heavy atom. The van der Waals surface area contributed by atoms with E-state index in [2.05, 4.69) is 15.5 Å². The lowest BCUT2D eigenvalue weighted by atomic mass is 10.2. The zero-order valence-corrected chi connectivity index (χ0v) is 13.2. The lowest BCUT2D eigenvalue weighted by molar-refractivity contribution is -0.380. The number of nitrogens with one attached hydrogen (secondary N) is 1. The Balaban J connectivity index is 1.64. The molecule has 3 aromatic rings. The first-order valence-corrected chi connectivity index (χ1v) is 7.65. The summed E-state index contributed by atoms with van der Waals surface area (Å²) < 4.78 is 18.2. The third-order valence-electron chi connectivity index (χ3n) is 2.94. The summed E-state index contributed by atoms with van der Waals surface area (Å²) in [6.45, 7) is 0. The highest BCUT2D eigenvalue weighted by Crippen LogP contribution is 2.25. The average molecular weight is 360 g/mol. The van der Waals surface area contributed by atoms with E-state index in [0.717, 1.165) is 11.3 Å². The van der Waals surface area contributed by atoms with Crippen LogP contribution in [0.15, 0.2) is 46.9 Å². The molecule has 8 nitrogen and oxygen atoms in total. The molecule has 1 amide bonds. The lowest BCUT2D eigenvalue weighted by Gasteiger charge is -1.95. The number of rotatable bonds is 5. The van der Waals surface area contributed by atoms with E-state index < -0.39 is 16.6 Å². The second-order valence-corrected chi connectivity index (χ2v) is 5.77. The van der Waals surface area contributed by atoms with Gasteiger partial charge in [-0.3, -0.25) is 20.2 Å². The Hall–Kier alpha value is -3.40. The number of nitrogens with zero attached hydrogens (tertiary/aromatic N) is 3. The van der Waals surface area contributed by atoms with Gasteiger partial charge in [0.1, 0.15) is 5.82 Å². The number of nitro groups is 1. The third kappa shape index (κ3) is 4.12. The molecule has 10 heteroatoms. The first-order chi connectivity index (χ1) is 12.0. The lowest BCUT2D eigenvalue weighted by Crippen LogP contribution is -2.07. The fourth-order valence-electron chi connectivity index (χ4n) is 1.82. The van der Waals surface area contributed by atoms with Gasteiger partial charge in [-0.1, -0.05) is 16.4 Å². The minimum atomic E-state index is -0.537. The maximum atomic E-state index is 12.9. The molecular weight excluding hydrogens is 351 g/mol. The summed E-state index contributed by atoms with van der Waals surface area (Å²) in [5, 5.41) is 20.4. The standard InChI is InChI=1S/C15H9FN4O4S/c16-10-3-1-9(2-4-10)14-18-19-15(24-14)17-12(21)7-5-11-6-8-13(25-11)20(22)23/h1-8H,(H,17,19,21)/b7-5+. The van der Waals surface area contributed by atoms with E-state index in [-0.39, 0.29) is 16.9 Å². The molecule has 0 fully saturated rings. The number of carbonyl (C=O) groups is 1. The summed E-state index contributed by atoms with van der Waals surface area (Å²) >= 11 is 0.944. The van der Waals surface area contributed by atoms with Gasteiger partial charge in [0, 0.05) is 22.6 Å².